The fourth-order valence-corrected chi connectivity index (χ4v) is 2.77. The van der Waals surface area contributed by atoms with Crippen LogP contribution in [0.1, 0.15) is 18.9 Å². The normalized spacial score (nSPS) is 17.1. The number of ether oxygens (including phenoxy) is 2. The van der Waals surface area contributed by atoms with Crippen molar-refractivity contribution in [3.8, 4) is 11.5 Å². The lowest BCUT2D eigenvalue weighted by Crippen LogP contribution is -2.30. The molecule has 1 aliphatic heterocycles. The topological polar surface area (TPSA) is 86.5 Å². The molecule has 2 atom stereocenters. The van der Waals surface area contributed by atoms with Crippen molar-refractivity contribution in [1.82, 2.24) is 15.5 Å². The molecule has 0 spiro atoms. The minimum absolute atomic E-state index is 0.120. The molecule has 7 nitrogen and oxygen atoms in total. The predicted octanol–water partition coefficient (Wildman–Crippen LogP) is 2.36. The van der Waals surface area contributed by atoms with Gasteiger partial charge in [0.15, 0.2) is 11.5 Å². The van der Waals surface area contributed by atoms with E-state index in [1.807, 2.05) is 24.3 Å². The molecule has 1 amide bonds. The molecule has 1 aliphatic rings. The van der Waals surface area contributed by atoms with E-state index < -0.39 is 6.10 Å². The van der Waals surface area contributed by atoms with E-state index in [4.69, 9.17) is 13.9 Å². The molecule has 126 valence electrons. The molecule has 0 bridgehead atoms. The zero-order valence-corrected chi connectivity index (χ0v) is 13.9. The molecule has 1 aromatic heterocycles. The number of amides is 1. The first-order valence-electron chi connectivity index (χ1n) is 7.44. The van der Waals surface area contributed by atoms with E-state index in [1.165, 1.54) is 11.8 Å². The molecule has 24 heavy (non-hydrogen) atoms. The van der Waals surface area contributed by atoms with Crippen LogP contribution in [0.5, 0.6) is 11.5 Å². The van der Waals surface area contributed by atoms with Crippen molar-refractivity contribution in [2.24, 2.45) is 0 Å². The SMILES string of the molecule is C=CCNC(=O)[C@H](C)Sc1nnc([C@@H]2COc3ccccc3O2)o1. The van der Waals surface area contributed by atoms with Crippen molar-refractivity contribution in [2.75, 3.05) is 13.2 Å². The summed E-state index contributed by atoms with van der Waals surface area (Å²) in [6, 6.07) is 7.40. The van der Waals surface area contributed by atoms with Crippen LogP contribution in [0.15, 0.2) is 46.6 Å². The van der Waals surface area contributed by atoms with Crippen molar-refractivity contribution >= 4 is 17.7 Å². The van der Waals surface area contributed by atoms with Crippen LogP contribution in [0.25, 0.3) is 0 Å². The Morgan fingerprint density at radius 1 is 1.46 bits per heavy atom. The fourth-order valence-electron chi connectivity index (χ4n) is 2.06. The monoisotopic (exact) mass is 347 g/mol. The molecular weight excluding hydrogens is 330 g/mol. The Morgan fingerprint density at radius 3 is 3.04 bits per heavy atom. The second-order valence-corrected chi connectivity index (χ2v) is 6.36. The maximum absolute atomic E-state index is 11.8. The molecule has 0 fully saturated rings. The van der Waals surface area contributed by atoms with Gasteiger partial charge in [0, 0.05) is 6.54 Å². The van der Waals surface area contributed by atoms with E-state index in [1.54, 1.807) is 13.0 Å². The third kappa shape index (κ3) is 3.70. The van der Waals surface area contributed by atoms with Crippen molar-refractivity contribution in [3.05, 3.63) is 42.8 Å². The summed E-state index contributed by atoms with van der Waals surface area (Å²) in [5.41, 5.74) is 0. The van der Waals surface area contributed by atoms with Gasteiger partial charge in [0.2, 0.25) is 12.0 Å². The van der Waals surface area contributed by atoms with E-state index in [0.717, 1.165) is 0 Å². The van der Waals surface area contributed by atoms with Gasteiger partial charge >= 0.3 is 0 Å². The number of carbonyl (C=O) groups excluding carboxylic acids is 1. The second kappa shape index (κ2) is 7.39. The third-order valence-electron chi connectivity index (χ3n) is 3.27. The van der Waals surface area contributed by atoms with Gasteiger partial charge in [-0.25, -0.2) is 0 Å². The lowest BCUT2D eigenvalue weighted by atomic mass is 10.2. The highest BCUT2D eigenvalue weighted by Gasteiger charge is 2.28. The summed E-state index contributed by atoms with van der Waals surface area (Å²) in [6.45, 7) is 6.04. The third-order valence-corrected chi connectivity index (χ3v) is 4.21. The van der Waals surface area contributed by atoms with Gasteiger partial charge in [-0.2, -0.15) is 0 Å². The predicted molar refractivity (Wildman–Crippen MR) is 88.1 cm³/mol. The molecule has 8 heteroatoms. The van der Waals surface area contributed by atoms with Gasteiger partial charge in [0.1, 0.15) is 6.61 Å². The van der Waals surface area contributed by atoms with Gasteiger partial charge in [-0.15, -0.1) is 16.8 Å². The van der Waals surface area contributed by atoms with Crippen LogP contribution in [0, 0.1) is 0 Å². The highest BCUT2D eigenvalue weighted by atomic mass is 32.2. The molecule has 2 heterocycles. The van der Waals surface area contributed by atoms with Gasteiger partial charge in [0.05, 0.1) is 5.25 Å². The minimum atomic E-state index is -0.466. The summed E-state index contributed by atoms with van der Waals surface area (Å²) in [4.78, 5) is 11.8. The van der Waals surface area contributed by atoms with Crippen LogP contribution >= 0.6 is 11.8 Å². The average molecular weight is 347 g/mol. The largest absolute Gasteiger partial charge is 0.485 e. The van der Waals surface area contributed by atoms with E-state index in [0.29, 0.717) is 35.8 Å². The summed E-state index contributed by atoms with van der Waals surface area (Å²) in [7, 11) is 0. The molecule has 2 aromatic rings. The molecule has 0 aliphatic carbocycles. The summed E-state index contributed by atoms with van der Waals surface area (Å²) in [5, 5.41) is 10.6. The maximum atomic E-state index is 11.8. The Balaban J connectivity index is 1.62. The lowest BCUT2D eigenvalue weighted by Gasteiger charge is -2.23. The Morgan fingerprint density at radius 2 is 2.25 bits per heavy atom. The molecule has 0 saturated carbocycles. The minimum Gasteiger partial charge on any atom is -0.485 e. The number of nitrogens with zero attached hydrogens (tertiary/aromatic N) is 2. The fraction of sp³-hybridized carbons (Fsp3) is 0.312. The van der Waals surface area contributed by atoms with E-state index >= 15 is 0 Å². The zero-order chi connectivity index (χ0) is 16.9. The van der Waals surface area contributed by atoms with E-state index in [2.05, 4.69) is 22.1 Å². The van der Waals surface area contributed by atoms with Gasteiger partial charge in [-0.05, 0) is 19.1 Å². The van der Waals surface area contributed by atoms with Gasteiger partial charge < -0.3 is 19.2 Å². The molecule has 1 aromatic carbocycles. The number of hydrogen-bond acceptors (Lipinski definition) is 7. The molecule has 1 N–H and O–H groups in total. The van der Waals surface area contributed by atoms with E-state index in [9.17, 15) is 4.79 Å². The quantitative estimate of drug-likeness (QED) is 0.634. The van der Waals surface area contributed by atoms with Crippen LogP contribution in [0.4, 0.5) is 0 Å². The van der Waals surface area contributed by atoms with Crippen LogP contribution < -0.4 is 14.8 Å². The standard InChI is InChI=1S/C16H17N3O4S/c1-3-8-17-14(20)10(2)24-16-19-18-15(23-16)13-9-21-11-6-4-5-7-12(11)22-13/h3-7,10,13H,1,8-9H2,2H3,(H,17,20)/t10-,13-/m0/s1. The second-order valence-electron chi connectivity index (χ2n) is 5.06. The number of benzene rings is 1. The van der Waals surface area contributed by atoms with Crippen molar-refractivity contribution < 1.29 is 18.7 Å². The number of carbonyl (C=O) groups is 1. The van der Waals surface area contributed by atoms with E-state index in [-0.39, 0.29) is 11.2 Å². The first-order valence-corrected chi connectivity index (χ1v) is 8.32. The number of fused-ring (bicyclic) bond motifs is 1. The highest BCUT2D eigenvalue weighted by Crippen LogP contribution is 2.36. The molecular formula is C16H17N3O4S. The highest BCUT2D eigenvalue weighted by molar-refractivity contribution is 8.00. The van der Waals surface area contributed by atoms with Gasteiger partial charge in [0.25, 0.3) is 11.1 Å². The molecule has 0 radical (unpaired) electrons. The maximum Gasteiger partial charge on any atom is 0.277 e. The summed E-state index contributed by atoms with van der Waals surface area (Å²) in [5.74, 6) is 1.53. The molecule has 0 unspecified atom stereocenters. The van der Waals surface area contributed by atoms with Gasteiger partial charge in [-0.1, -0.05) is 30.0 Å². The van der Waals surface area contributed by atoms with Crippen LogP contribution in [-0.2, 0) is 4.79 Å². The van der Waals surface area contributed by atoms with Crippen molar-refractivity contribution in [2.45, 2.75) is 23.5 Å². The average Bonchev–Trinajstić information content (AvgIpc) is 3.07. The molecule has 3 rings (SSSR count). The Hall–Kier alpha value is -2.48. The number of thioether (sulfide) groups is 1. The van der Waals surface area contributed by atoms with Crippen molar-refractivity contribution in [3.63, 3.8) is 0 Å². The summed E-state index contributed by atoms with van der Waals surface area (Å²) < 4.78 is 17.0. The zero-order valence-electron chi connectivity index (χ0n) is 13.1. The smallest absolute Gasteiger partial charge is 0.277 e. The van der Waals surface area contributed by atoms with Gasteiger partial charge in [-0.3, -0.25) is 4.79 Å². The Kier molecular flexibility index (Phi) is 5.05. The first-order chi connectivity index (χ1) is 11.7. The number of nitrogens with one attached hydrogen (secondary N) is 1. The van der Waals surface area contributed by atoms with Crippen LogP contribution in [0.3, 0.4) is 0 Å². The number of para-hydroxylation sites is 2. The van der Waals surface area contributed by atoms with Crippen LogP contribution in [-0.4, -0.2) is 34.5 Å². The summed E-state index contributed by atoms with van der Waals surface area (Å²) in [6.07, 6.45) is 1.16. The molecule has 0 saturated heterocycles. The number of rotatable bonds is 6. The number of hydrogen-bond donors (Lipinski definition) is 1. The van der Waals surface area contributed by atoms with Crippen molar-refractivity contribution in [1.29, 1.82) is 0 Å². The first kappa shape index (κ1) is 16.4. The lowest BCUT2D eigenvalue weighted by molar-refractivity contribution is -0.120. The number of aromatic nitrogens is 2. The Bertz CT molecular complexity index is 734. The summed E-state index contributed by atoms with van der Waals surface area (Å²) >= 11 is 1.19. The Labute approximate surface area is 143 Å². The van der Waals surface area contributed by atoms with Crippen LogP contribution in [0.2, 0.25) is 0 Å².